The van der Waals surface area contributed by atoms with Crippen molar-refractivity contribution >= 4 is 0 Å². The lowest BCUT2D eigenvalue weighted by Gasteiger charge is -2.25. The van der Waals surface area contributed by atoms with Gasteiger partial charge in [0.25, 0.3) is 0 Å². The minimum Gasteiger partial charge on any atom is -0.493 e. The Morgan fingerprint density at radius 3 is 2.58 bits per heavy atom. The Labute approximate surface area is 117 Å². The highest BCUT2D eigenvalue weighted by molar-refractivity contribution is 5.35. The topological polar surface area (TPSA) is 32.7 Å². The number of aryl methyl sites for hydroxylation is 2. The van der Waals surface area contributed by atoms with Crippen molar-refractivity contribution in [2.75, 3.05) is 26.7 Å². The Morgan fingerprint density at radius 1 is 1.26 bits per heavy atom. The second-order valence-electron chi connectivity index (χ2n) is 6.02. The first-order valence-corrected chi connectivity index (χ1v) is 6.89. The van der Waals surface area contributed by atoms with Gasteiger partial charge in [-0.3, -0.25) is 0 Å². The van der Waals surface area contributed by atoms with Gasteiger partial charge in [-0.15, -0.1) is 0 Å². The van der Waals surface area contributed by atoms with E-state index in [4.69, 9.17) is 4.74 Å². The first-order valence-electron chi connectivity index (χ1n) is 6.89. The third-order valence-corrected chi connectivity index (χ3v) is 2.94. The van der Waals surface area contributed by atoms with E-state index < -0.39 is 5.60 Å². The van der Waals surface area contributed by atoms with Gasteiger partial charge in [0.15, 0.2) is 0 Å². The highest BCUT2D eigenvalue weighted by Crippen LogP contribution is 2.19. The van der Waals surface area contributed by atoms with Crippen molar-refractivity contribution in [3.63, 3.8) is 0 Å². The summed E-state index contributed by atoms with van der Waals surface area (Å²) >= 11 is 0. The van der Waals surface area contributed by atoms with Crippen molar-refractivity contribution in [3.8, 4) is 5.75 Å². The fraction of sp³-hybridized carbons (Fsp3) is 0.625. The number of hydrogen-bond acceptors (Lipinski definition) is 3. The molecule has 0 aromatic heterocycles. The van der Waals surface area contributed by atoms with E-state index in [0.29, 0.717) is 13.2 Å². The van der Waals surface area contributed by atoms with Crippen LogP contribution in [0.1, 0.15) is 31.4 Å². The van der Waals surface area contributed by atoms with E-state index in [0.717, 1.165) is 18.7 Å². The summed E-state index contributed by atoms with van der Waals surface area (Å²) < 4.78 is 5.81. The predicted molar refractivity (Wildman–Crippen MR) is 79.8 cm³/mol. The molecule has 0 atom stereocenters. The van der Waals surface area contributed by atoms with Gasteiger partial charge >= 0.3 is 0 Å². The fourth-order valence-electron chi connectivity index (χ4n) is 2.12. The smallest absolute Gasteiger partial charge is 0.122 e. The monoisotopic (exact) mass is 265 g/mol. The van der Waals surface area contributed by atoms with Crippen molar-refractivity contribution in [1.29, 1.82) is 0 Å². The Balaban J connectivity index is 2.29. The van der Waals surface area contributed by atoms with E-state index in [9.17, 15) is 5.11 Å². The van der Waals surface area contributed by atoms with Gasteiger partial charge in [-0.2, -0.15) is 0 Å². The Bertz CT molecular complexity index is 396. The molecule has 0 aliphatic carbocycles. The molecule has 1 rings (SSSR count). The van der Waals surface area contributed by atoms with Crippen LogP contribution in [-0.4, -0.2) is 42.4 Å². The van der Waals surface area contributed by atoms with Crippen LogP contribution in [0.15, 0.2) is 18.2 Å². The third-order valence-electron chi connectivity index (χ3n) is 2.94. The molecule has 1 N–H and O–H groups in total. The zero-order valence-electron chi connectivity index (χ0n) is 12.9. The minimum absolute atomic E-state index is 0.636. The van der Waals surface area contributed by atoms with Crippen LogP contribution in [0.3, 0.4) is 0 Å². The maximum absolute atomic E-state index is 9.72. The largest absolute Gasteiger partial charge is 0.493 e. The molecule has 3 heteroatoms. The normalized spacial score (nSPS) is 11.9. The van der Waals surface area contributed by atoms with Crippen molar-refractivity contribution in [2.45, 2.75) is 39.7 Å². The lowest BCUT2D eigenvalue weighted by molar-refractivity contribution is 0.0433. The maximum Gasteiger partial charge on any atom is 0.122 e. The maximum atomic E-state index is 9.72. The summed E-state index contributed by atoms with van der Waals surface area (Å²) in [7, 11) is 2.02. The number of aliphatic hydroxyl groups is 1. The van der Waals surface area contributed by atoms with Crippen LogP contribution in [0.5, 0.6) is 5.75 Å². The molecule has 0 aliphatic heterocycles. The molecule has 0 bridgehead atoms. The molecular weight excluding hydrogens is 238 g/mol. The highest BCUT2D eigenvalue weighted by Gasteiger charge is 2.14. The van der Waals surface area contributed by atoms with E-state index in [1.165, 1.54) is 11.1 Å². The Kier molecular flexibility index (Phi) is 5.83. The second-order valence-corrected chi connectivity index (χ2v) is 6.02. The average Bonchev–Trinajstić information content (AvgIpc) is 2.26. The van der Waals surface area contributed by atoms with E-state index in [2.05, 4.69) is 36.9 Å². The molecule has 108 valence electrons. The van der Waals surface area contributed by atoms with Crippen LogP contribution in [-0.2, 0) is 0 Å². The van der Waals surface area contributed by atoms with Crippen LogP contribution in [0, 0.1) is 13.8 Å². The number of rotatable bonds is 7. The summed E-state index contributed by atoms with van der Waals surface area (Å²) in [6.07, 6.45) is 0.958. The summed E-state index contributed by atoms with van der Waals surface area (Å²) in [6.45, 7) is 10.1. The van der Waals surface area contributed by atoms with Crippen molar-refractivity contribution in [2.24, 2.45) is 0 Å². The molecule has 1 aromatic carbocycles. The van der Waals surface area contributed by atoms with Gasteiger partial charge in [0, 0.05) is 13.1 Å². The van der Waals surface area contributed by atoms with Gasteiger partial charge in [-0.1, -0.05) is 12.1 Å². The summed E-state index contributed by atoms with van der Waals surface area (Å²) in [5.74, 6) is 0.977. The molecule has 0 amide bonds. The zero-order chi connectivity index (χ0) is 14.5. The zero-order valence-corrected chi connectivity index (χ0v) is 12.9. The summed E-state index contributed by atoms with van der Waals surface area (Å²) in [5.41, 5.74) is 1.76. The van der Waals surface area contributed by atoms with Gasteiger partial charge in [0.05, 0.1) is 12.2 Å². The van der Waals surface area contributed by atoms with Crippen LogP contribution < -0.4 is 4.74 Å². The molecule has 0 aliphatic rings. The second kappa shape index (κ2) is 6.92. The van der Waals surface area contributed by atoms with Crippen molar-refractivity contribution < 1.29 is 9.84 Å². The molecule has 0 heterocycles. The summed E-state index contributed by atoms with van der Waals surface area (Å²) in [4.78, 5) is 2.13. The van der Waals surface area contributed by atoms with Crippen molar-refractivity contribution in [1.82, 2.24) is 4.90 Å². The summed E-state index contributed by atoms with van der Waals surface area (Å²) in [5, 5.41) is 9.72. The number of likely N-dealkylation sites (N-methyl/N-ethyl adjacent to an activating group) is 1. The lowest BCUT2D eigenvalue weighted by atomic mass is 10.1. The van der Waals surface area contributed by atoms with E-state index in [-0.39, 0.29) is 0 Å². The van der Waals surface area contributed by atoms with E-state index in [1.54, 1.807) is 0 Å². The SMILES string of the molecule is Cc1ccc(C)c(OCCCN(C)CC(C)(C)O)c1. The molecule has 1 aromatic rings. The first kappa shape index (κ1) is 16.0. The van der Waals surface area contributed by atoms with Crippen LogP contribution in [0.25, 0.3) is 0 Å². The third kappa shape index (κ3) is 6.60. The van der Waals surface area contributed by atoms with Crippen LogP contribution in [0.4, 0.5) is 0 Å². The van der Waals surface area contributed by atoms with Gasteiger partial charge in [-0.05, 0) is 58.4 Å². The standard InChI is InChI=1S/C16H27NO2/c1-13-7-8-14(2)15(11-13)19-10-6-9-17(5)12-16(3,4)18/h7-8,11,18H,6,9-10,12H2,1-5H3. The van der Waals surface area contributed by atoms with Gasteiger partial charge in [0.2, 0.25) is 0 Å². The molecule has 0 radical (unpaired) electrons. The minimum atomic E-state index is -0.636. The van der Waals surface area contributed by atoms with Crippen LogP contribution >= 0.6 is 0 Å². The number of hydrogen-bond donors (Lipinski definition) is 1. The number of nitrogens with zero attached hydrogens (tertiary/aromatic N) is 1. The molecular formula is C16H27NO2. The number of ether oxygens (including phenoxy) is 1. The van der Waals surface area contributed by atoms with Gasteiger partial charge < -0.3 is 14.7 Å². The number of benzene rings is 1. The predicted octanol–water partition coefficient (Wildman–Crippen LogP) is 2.78. The molecule has 3 nitrogen and oxygen atoms in total. The van der Waals surface area contributed by atoms with Gasteiger partial charge in [0.1, 0.15) is 5.75 Å². The molecule has 0 unspecified atom stereocenters. The summed E-state index contributed by atoms with van der Waals surface area (Å²) in [6, 6.07) is 6.26. The average molecular weight is 265 g/mol. The molecule has 19 heavy (non-hydrogen) atoms. The fourth-order valence-corrected chi connectivity index (χ4v) is 2.12. The first-order chi connectivity index (χ1) is 8.78. The Morgan fingerprint density at radius 2 is 1.95 bits per heavy atom. The van der Waals surface area contributed by atoms with Crippen molar-refractivity contribution in [3.05, 3.63) is 29.3 Å². The molecule has 0 saturated heterocycles. The van der Waals surface area contributed by atoms with Crippen LogP contribution in [0.2, 0.25) is 0 Å². The molecule has 0 saturated carbocycles. The van der Waals surface area contributed by atoms with E-state index >= 15 is 0 Å². The van der Waals surface area contributed by atoms with E-state index in [1.807, 2.05) is 20.9 Å². The molecule has 0 fully saturated rings. The molecule has 0 spiro atoms. The lowest BCUT2D eigenvalue weighted by Crippen LogP contribution is -2.37. The Hall–Kier alpha value is -1.06. The quantitative estimate of drug-likeness (QED) is 0.770. The highest BCUT2D eigenvalue weighted by atomic mass is 16.5. The van der Waals surface area contributed by atoms with Gasteiger partial charge in [-0.25, -0.2) is 0 Å².